The minimum absolute atomic E-state index is 0.597. The molecule has 0 saturated carbocycles. The van der Waals surface area contributed by atoms with Gasteiger partial charge in [-0.15, -0.1) is 0 Å². The zero-order valence-corrected chi connectivity index (χ0v) is 10.9. The number of hydrogen-bond donors (Lipinski definition) is 1. The maximum atomic E-state index is 10.2. The molecule has 1 saturated heterocycles. The highest BCUT2D eigenvalue weighted by Gasteiger charge is 2.20. The zero-order valence-electron chi connectivity index (χ0n) is 10.9. The quantitative estimate of drug-likeness (QED) is 0.630. The monoisotopic (exact) mass is 247 g/mol. The molecule has 2 heterocycles. The Morgan fingerprint density at radius 1 is 1.44 bits per heavy atom. The van der Waals surface area contributed by atoms with E-state index in [9.17, 15) is 4.79 Å². The maximum absolute atomic E-state index is 10.2. The van der Waals surface area contributed by atoms with Crippen molar-refractivity contribution in [1.82, 2.24) is 15.2 Å². The van der Waals surface area contributed by atoms with Crippen molar-refractivity contribution < 1.29 is 4.79 Å². The van der Waals surface area contributed by atoms with Gasteiger partial charge in [-0.2, -0.15) is 0 Å². The Hall–Kier alpha value is -1.42. The van der Waals surface area contributed by atoms with Crippen LogP contribution in [0.2, 0.25) is 0 Å². The molecule has 1 aromatic rings. The van der Waals surface area contributed by atoms with Crippen LogP contribution in [0.5, 0.6) is 0 Å². The number of carbonyl (C=O) groups excluding carboxylic acids is 1. The lowest BCUT2D eigenvalue weighted by Gasteiger charge is -2.31. The van der Waals surface area contributed by atoms with E-state index in [-0.39, 0.29) is 0 Å². The lowest BCUT2D eigenvalue weighted by Crippen LogP contribution is -2.37. The van der Waals surface area contributed by atoms with Crippen LogP contribution in [-0.4, -0.2) is 42.5 Å². The lowest BCUT2D eigenvalue weighted by atomic mass is 9.93. The average Bonchev–Trinajstić information content (AvgIpc) is 2.40. The first-order valence-corrected chi connectivity index (χ1v) is 6.62. The minimum Gasteiger partial charge on any atom is -0.357 e. The molecule has 1 aliphatic heterocycles. The third-order valence-electron chi connectivity index (χ3n) is 3.57. The summed E-state index contributed by atoms with van der Waals surface area (Å²) in [5, 5.41) is 2.71. The van der Waals surface area contributed by atoms with Crippen molar-refractivity contribution in [2.45, 2.75) is 25.7 Å². The molecule has 2 rings (SSSR count). The maximum Gasteiger partial charge on any atom is 0.207 e. The van der Waals surface area contributed by atoms with Gasteiger partial charge in [0.25, 0.3) is 0 Å². The molecule has 4 nitrogen and oxygen atoms in total. The standard InChI is InChI=1S/C14H21N3O/c1-12-3-2-4-14(16-12)13-5-8-17(9-6-13)10-7-15-11-18/h2-4,11,13H,5-10H2,1H3,(H,15,18). The van der Waals surface area contributed by atoms with E-state index in [0.717, 1.165) is 51.1 Å². The molecule has 18 heavy (non-hydrogen) atoms. The molecule has 98 valence electrons. The Bertz CT molecular complexity index is 386. The predicted molar refractivity (Wildman–Crippen MR) is 71.5 cm³/mol. The summed E-state index contributed by atoms with van der Waals surface area (Å²) in [6, 6.07) is 6.28. The molecule has 0 spiro atoms. The van der Waals surface area contributed by atoms with Crippen molar-refractivity contribution in [3.63, 3.8) is 0 Å². The third-order valence-corrected chi connectivity index (χ3v) is 3.57. The first-order valence-electron chi connectivity index (χ1n) is 6.62. The number of nitrogens with zero attached hydrogens (tertiary/aromatic N) is 2. The summed E-state index contributed by atoms with van der Waals surface area (Å²) in [5.41, 5.74) is 2.34. The molecular weight excluding hydrogens is 226 g/mol. The Balaban J connectivity index is 1.81. The summed E-state index contributed by atoms with van der Waals surface area (Å²) in [7, 11) is 0. The molecule has 0 bridgehead atoms. The fourth-order valence-electron chi connectivity index (χ4n) is 2.53. The van der Waals surface area contributed by atoms with E-state index in [2.05, 4.69) is 27.3 Å². The molecule has 0 radical (unpaired) electrons. The van der Waals surface area contributed by atoms with Crippen LogP contribution in [0.3, 0.4) is 0 Å². The van der Waals surface area contributed by atoms with Crippen LogP contribution in [0.4, 0.5) is 0 Å². The molecule has 1 aromatic heterocycles. The van der Waals surface area contributed by atoms with Gasteiger partial charge in [0.15, 0.2) is 0 Å². The van der Waals surface area contributed by atoms with Crippen molar-refractivity contribution >= 4 is 6.41 Å². The number of piperidine rings is 1. The van der Waals surface area contributed by atoms with Gasteiger partial charge in [0, 0.05) is 30.4 Å². The van der Waals surface area contributed by atoms with Gasteiger partial charge in [-0.1, -0.05) is 6.07 Å². The number of likely N-dealkylation sites (tertiary alicyclic amines) is 1. The molecule has 0 aromatic carbocycles. The van der Waals surface area contributed by atoms with E-state index in [0.29, 0.717) is 5.92 Å². The number of aromatic nitrogens is 1. The van der Waals surface area contributed by atoms with Crippen LogP contribution in [0.15, 0.2) is 18.2 Å². The Morgan fingerprint density at radius 2 is 2.22 bits per heavy atom. The van der Waals surface area contributed by atoms with E-state index in [4.69, 9.17) is 0 Å². The molecule has 1 amide bonds. The number of pyridine rings is 1. The van der Waals surface area contributed by atoms with Crippen molar-refractivity contribution in [3.05, 3.63) is 29.6 Å². The Morgan fingerprint density at radius 3 is 2.89 bits per heavy atom. The second-order valence-corrected chi connectivity index (χ2v) is 4.89. The second-order valence-electron chi connectivity index (χ2n) is 4.89. The van der Waals surface area contributed by atoms with E-state index >= 15 is 0 Å². The molecule has 0 unspecified atom stereocenters. The summed E-state index contributed by atoms with van der Waals surface area (Å²) in [6.45, 7) is 5.94. The van der Waals surface area contributed by atoms with Crippen LogP contribution in [0.1, 0.15) is 30.1 Å². The van der Waals surface area contributed by atoms with E-state index in [1.807, 2.05) is 13.0 Å². The molecule has 1 fully saturated rings. The van der Waals surface area contributed by atoms with Crippen molar-refractivity contribution in [2.75, 3.05) is 26.2 Å². The highest BCUT2D eigenvalue weighted by molar-refractivity contribution is 5.45. The molecule has 0 atom stereocenters. The molecule has 1 N–H and O–H groups in total. The summed E-state index contributed by atoms with van der Waals surface area (Å²) in [6.07, 6.45) is 3.10. The third kappa shape index (κ3) is 3.53. The Kier molecular flexibility index (Phi) is 4.70. The van der Waals surface area contributed by atoms with E-state index in [1.54, 1.807) is 0 Å². The summed E-state index contributed by atoms with van der Waals surface area (Å²) >= 11 is 0. The predicted octanol–water partition coefficient (Wildman–Crippen LogP) is 1.32. The fraction of sp³-hybridized carbons (Fsp3) is 0.571. The number of amides is 1. The van der Waals surface area contributed by atoms with Crippen molar-refractivity contribution in [3.8, 4) is 0 Å². The molecular formula is C14H21N3O. The zero-order chi connectivity index (χ0) is 12.8. The number of hydrogen-bond acceptors (Lipinski definition) is 3. The van der Waals surface area contributed by atoms with Gasteiger partial charge in [0.1, 0.15) is 0 Å². The highest BCUT2D eigenvalue weighted by Crippen LogP contribution is 2.26. The molecule has 1 aliphatic rings. The first-order chi connectivity index (χ1) is 8.79. The van der Waals surface area contributed by atoms with Gasteiger partial charge in [0.2, 0.25) is 6.41 Å². The largest absolute Gasteiger partial charge is 0.357 e. The van der Waals surface area contributed by atoms with Gasteiger partial charge < -0.3 is 10.2 Å². The van der Waals surface area contributed by atoms with Gasteiger partial charge in [-0.25, -0.2) is 0 Å². The van der Waals surface area contributed by atoms with E-state index in [1.165, 1.54) is 5.69 Å². The van der Waals surface area contributed by atoms with Crippen LogP contribution >= 0.6 is 0 Å². The normalized spacial score (nSPS) is 17.6. The van der Waals surface area contributed by atoms with Crippen LogP contribution in [0, 0.1) is 6.92 Å². The summed E-state index contributed by atoms with van der Waals surface area (Å²) in [4.78, 5) is 17.2. The van der Waals surface area contributed by atoms with Crippen LogP contribution < -0.4 is 5.32 Å². The van der Waals surface area contributed by atoms with Crippen molar-refractivity contribution in [1.29, 1.82) is 0 Å². The molecule has 0 aliphatic carbocycles. The highest BCUT2D eigenvalue weighted by atomic mass is 16.1. The number of aryl methyl sites for hydroxylation is 1. The van der Waals surface area contributed by atoms with Crippen LogP contribution in [-0.2, 0) is 4.79 Å². The SMILES string of the molecule is Cc1cccc(C2CCN(CCNC=O)CC2)n1. The topological polar surface area (TPSA) is 45.2 Å². The molecule has 4 heteroatoms. The van der Waals surface area contributed by atoms with Crippen LogP contribution in [0.25, 0.3) is 0 Å². The van der Waals surface area contributed by atoms with Crippen molar-refractivity contribution in [2.24, 2.45) is 0 Å². The second kappa shape index (κ2) is 6.50. The van der Waals surface area contributed by atoms with Gasteiger partial charge >= 0.3 is 0 Å². The lowest BCUT2D eigenvalue weighted by molar-refractivity contribution is -0.109. The average molecular weight is 247 g/mol. The summed E-state index contributed by atoms with van der Waals surface area (Å²) < 4.78 is 0. The van der Waals surface area contributed by atoms with Gasteiger partial charge in [-0.05, 0) is 45.0 Å². The smallest absolute Gasteiger partial charge is 0.207 e. The van der Waals surface area contributed by atoms with Gasteiger partial charge in [-0.3, -0.25) is 9.78 Å². The fourth-order valence-corrected chi connectivity index (χ4v) is 2.53. The number of rotatable bonds is 5. The number of nitrogens with one attached hydrogen (secondary N) is 1. The Labute approximate surface area is 108 Å². The number of carbonyl (C=O) groups is 1. The minimum atomic E-state index is 0.597. The van der Waals surface area contributed by atoms with Gasteiger partial charge in [0.05, 0.1) is 0 Å². The summed E-state index contributed by atoms with van der Waals surface area (Å²) in [5.74, 6) is 0.597. The first kappa shape index (κ1) is 13.0. The van der Waals surface area contributed by atoms with E-state index < -0.39 is 0 Å².